The minimum atomic E-state index is -4.85. The van der Waals surface area contributed by atoms with E-state index >= 15 is 13.2 Å². The molecule has 0 saturated heterocycles. The second-order valence-electron chi connectivity index (χ2n) is 12.5. The number of carboxylic acids is 1. The van der Waals surface area contributed by atoms with Crippen LogP contribution in [0.2, 0.25) is 0 Å². The fourth-order valence-corrected chi connectivity index (χ4v) is 5.65. The summed E-state index contributed by atoms with van der Waals surface area (Å²) in [7, 11) is 3.31. The van der Waals surface area contributed by atoms with Crippen molar-refractivity contribution in [2.24, 2.45) is 5.92 Å². The average Bonchev–Trinajstić information content (AvgIpc) is 2.92. The van der Waals surface area contributed by atoms with Crippen molar-refractivity contribution in [2.75, 3.05) is 20.6 Å². The molecule has 3 aromatic rings. The first kappa shape index (κ1) is 37.3. The number of aromatic nitrogens is 1. The minimum absolute atomic E-state index is 0.0815. The van der Waals surface area contributed by atoms with E-state index in [0.717, 1.165) is 16.8 Å². The highest BCUT2D eigenvalue weighted by Crippen LogP contribution is 2.37. The first-order valence-electron chi connectivity index (χ1n) is 15.0. The van der Waals surface area contributed by atoms with Gasteiger partial charge in [0.2, 0.25) is 5.91 Å². The van der Waals surface area contributed by atoms with Crippen molar-refractivity contribution in [3.8, 4) is 11.1 Å². The molecule has 0 aliphatic carbocycles. The number of nitrogens with one attached hydrogen (secondary N) is 1. The molecule has 0 saturated carbocycles. The number of nitrogens with zero attached hydrogens (tertiary/aromatic N) is 2. The molecular formula is C34H39F6N3O4. The SMILES string of the molecule is Cc1cc(C)c(-c2cc(C)c(F)c(C(CC(=O)O)NC(=O)C(CC(C)C)n3cc(CCN(C)C)c(C(F)(F)F)cc3=O)c2F)c(F)c1. The van der Waals surface area contributed by atoms with Crippen LogP contribution in [0.3, 0.4) is 0 Å². The van der Waals surface area contributed by atoms with Crippen LogP contribution in [0.5, 0.6) is 0 Å². The van der Waals surface area contributed by atoms with E-state index in [9.17, 15) is 32.7 Å². The van der Waals surface area contributed by atoms with Gasteiger partial charge in [0, 0.05) is 35.5 Å². The number of carbonyl (C=O) groups excluding carboxylic acids is 1. The van der Waals surface area contributed by atoms with Gasteiger partial charge in [0.25, 0.3) is 5.56 Å². The normalized spacial score (nSPS) is 13.3. The topological polar surface area (TPSA) is 91.6 Å². The monoisotopic (exact) mass is 667 g/mol. The summed E-state index contributed by atoms with van der Waals surface area (Å²) in [4.78, 5) is 40.5. The van der Waals surface area contributed by atoms with Gasteiger partial charge >= 0.3 is 12.1 Å². The van der Waals surface area contributed by atoms with E-state index in [-0.39, 0.29) is 47.6 Å². The molecule has 3 rings (SSSR count). The van der Waals surface area contributed by atoms with Crippen LogP contribution >= 0.6 is 0 Å². The third-order valence-electron chi connectivity index (χ3n) is 7.79. The second kappa shape index (κ2) is 14.7. The molecule has 1 heterocycles. The molecule has 0 aliphatic heterocycles. The minimum Gasteiger partial charge on any atom is -0.481 e. The van der Waals surface area contributed by atoms with Crippen LogP contribution in [-0.2, 0) is 22.2 Å². The first-order chi connectivity index (χ1) is 21.7. The number of carbonyl (C=O) groups is 2. The molecule has 1 aromatic heterocycles. The molecule has 2 unspecified atom stereocenters. The van der Waals surface area contributed by atoms with Crippen LogP contribution in [-0.4, -0.2) is 47.1 Å². The van der Waals surface area contributed by atoms with Gasteiger partial charge in [-0.3, -0.25) is 14.4 Å². The van der Waals surface area contributed by atoms with E-state index in [1.165, 1.54) is 19.9 Å². The zero-order valence-electron chi connectivity index (χ0n) is 27.3. The van der Waals surface area contributed by atoms with Crippen molar-refractivity contribution >= 4 is 11.9 Å². The molecule has 256 valence electrons. The molecule has 0 bridgehead atoms. The van der Waals surface area contributed by atoms with E-state index in [1.54, 1.807) is 45.8 Å². The lowest BCUT2D eigenvalue weighted by molar-refractivity contribution is -0.139. The Kier molecular flexibility index (Phi) is 11.7. The number of amides is 1. The highest BCUT2D eigenvalue weighted by Gasteiger charge is 2.36. The molecule has 7 nitrogen and oxygen atoms in total. The van der Waals surface area contributed by atoms with Crippen LogP contribution in [0.1, 0.15) is 72.2 Å². The third kappa shape index (κ3) is 8.82. The summed E-state index contributed by atoms with van der Waals surface area (Å²) in [5.41, 5.74) is -3.14. The summed E-state index contributed by atoms with van der Waals surface area (Å²) in [6.07, 6.45) is -5.08. The van der Waals surface area contributed by atoms with Gasteiger partial charge in [-0.15, -0.1) is 0 Å². The van der Waals surface area contributed by atoms with Crippen molar-refractivity contribution < 1.29 is 41.0 Å². The molecule has 2 N–H and O–H groups in total. The quantitative estimate of drug-likeness (QED) is 0.205. The van der Waals surface area contributed by atoms with Crippen molar-refractivity contribution in [1.29, 1.82) is 0 Å². The lowest BCUT2D eigenvalue weighted by atomic mass is 9.90. The number of hydrogen-bond acceptors (Lipinski definition) is 4. The van der Waals surface area contributed by atoms with Crippen molar-refractivity contribution in [3.63, 3.8) is 0 Å². The van der Waals surface area contributed by atoms with E-state index in [1.807, 2.05) is 0 Å². The predicted molar refractivity (Wildman–Crippen MR) is 166 cm³/mol. The van der Waals surface area contributed by atoms with E-state index in [4.69, 9.17) is 0 Å². The fourth-order valence-electron chi connectivity index (χ4n) is 5.65. The van der Waals surface area contributed by atoms with Gasteiger partial charge in [-0.05, 0) is 88.0 Å². The number of likely N-dealkylation sites (N-methyl/N-ethyl adjacent to an activating group) is 1. The van der Waals surface area contributed by atoms with Gasteiger partial charge in [-0.2, -0.15) is 13.2 Å². The second-order valence-corrected chi connectivity index (χ2v) is 12.5. The fraction of sp³-hybridized carbons (Fsp3) is 0.441. The lowest BCUT2D eigenvalue weighted by Gasteiger charge is -2.27. The summed E-state index contributed by atoms with van der Waals surface area (Å²) in [5.74, 6) is -6.11. The Hall–Kier alpha value is -4.13. The van der Waals surface area contributed by atoms with Gasteiger partial charge in [0.1, 0.15) is 23.5 Å². The maximum Gasteiger partial charge on any atom is 0.416 e. The number of hydrogen-bond donors (Lipinski definition) is 2. The van der Waals surface area contributed by atoms with Crippen LogP contribution in [0.25, 0.3) is 11.1 Å². The third-order valence-corrected chi connectivity index (χ3v) is 7.79. The van der Waals surface area contributed by atoms with Gasteiger partial charge in [0.05, 0.1) is 18.0 Å². The smallest absolute Gasteiger partial charge is 0.416 e. The largest absolute Gasteiger partial charge is 0.481 e. The standard InChI is InChI=1S/C34H39F6N3O4/c1-17(2)10-26(43-16-21(8-9-42(6)7)23(14-27(43)44)34(38,39)40)33(47)41-25(15-28(45)46)30-31(36)20(5)13-22(32(30)37)29-19(4)11-18(3)12-24(29)35/h11-14,16-17,25-26H,8-10,15H2,1-7H3,(H,41,47)(H,45,46). The number of aryl methyl sites for hydroxylation is 3. The van der Waals surface area contributed by atoms with Gasteiger partial charge in [-0.25, -0.2) is 13.2 Å². The Bertz CT molecular complexity index is 1690. The Morgan fingerprint density at radius 2 is 1.62 bits per heavy atom. The van der Waals surface area contributed by atoms with E-state index in [2.05, 4.69) is 5.32 Å². The van der Waals surface area contributed by atoms with Crippen molar-refractivity contribution in [3.05, 3.63) is 91.6 Å². The van der Waals surface area contributed by atoms with Gasteiger partial charge in [-0.1, -0.05) is 19.9 Å². The number of halogens is 6. The molecule has 0 aliphatic rings. The number of benzene rings is 2. The maximum absolute atomic E-state index is 16.3. The molecule has 0 radical (unpaired) electrons. The molecule has 0 spiro atoms. The Labute approximate surface area is 269 Å². The first-order valence-corrected chi connectivity index (χ1v) is 15.0. The van der Waals surface area contributed by atoms with E-state index in [0.29, 0.717) is 17.2 Å². The summed E-state index contributed by atoms with van der Waals surface area (Å²) < 4.78 is 89.5. The number of aliphatic carboxylic acids is 1. The summed E-state index contributed by atoms with van der Waals surface area (Å²) in [5, 5.41) is 12.0. The summed E-state index contributed by atoms with van der Waals surface area (Å²) in [6, 6.07) is 0.962. The average molecular weight is 668 g/mol. The highest BCUT2D eigenvalue weighted by atomic mass is 19.4. The molecule has 13 heteroatoms. The van der Waals surface area contributed by atoms with Gasteiger partial charge < -0.3 is 19.9 Å². The number of rotatable bonds is 12. The Morgan fingerprint density at radius 1 is 0.979 bits per heavy atom. The predicted octanol–water partition coefficient (Wildman–Crippen LogP) is 6.90. The molecule has 1 amide bonds. The number of alkyl halides is 3. The molecule has 2 aromatic carbocycles. The zero-order chi connectivity index (χ0) is 35.5. The zero-order valence-corrected chi connectivity index (χ0v) is 27.3. The highest BCUT2D eigenvalue weighted by molar-refractivity contribution is 5.82. The van der Waals surface area contributed by atoms with Gasteiger partial charge in [0.15, 0.2) is 0 Å². The van der Waals surface area contributed by atoms with Crippen molar-refractivity contribution in [2.45, 2.75) is 72.1 Å². The molecule has 2 atom stereocenters. The summed E-state index contributed by atoms with van der Waals surface area (Å²) in [6.45, 7) is 8.03. The van der Waals surface area contributed by atoms with Crippen LogP contribution in [0.4, 0.5) is 26.3 Å². The van der Waals surface area contributed by atoms with E-state index < -0.39 is 70.7 Å². The number of carboxylic acid groups (broad SMARTS) is 1. The Balaban J connectivity index is 2.20. The van der Waals surface area contributed by atoms with Crippen molar-refractivity contribution in [1.82, 2.24) is 14.8 Å². The Morgan fingerprint density at radius 3 is 2.15 bits per heavy atom. The molecule has 0 fully saturated rings. The van der Waals surface area contributed by atoms with Crippen LogP contribution in [0, 0.1) is 44.1 Å². The van der Waals surface area contributed by atoms with Crippen LogP contribution < -0.4 is 10.9 Å². The summed E-state index contributed by atoms with van der Waals surface area (Å²) >= 11 is 0. The molecular weight excluding hydrogens is 628 g/mol. The van der Waals surface area contributed by atoms with Crippen LogP contribution in [0.15, 0.2) is 35.3 Å². The lowest BCUT2D eigenvalue weighted by Crippen LogP contribution is -2.41. The maximum atomic E-state index is 16.3. The number of pyridine rings is 1. The molecule has 47 heavy (non-hydrogen) atoms.